The van der Waals surface area contributed by atoms with Crippen molar-refractivity contribution in [2.24, 2.45) is 5.73 Å². The first-order valence-corrected chi connectivity index (χ1v) is 5.85. The first-order chi connectivity index (χ1) is 7.53. The van der Waals surface area contributed by atoms with Gasteiger partial charge in [0.05, 0.1) is 6.61 Å². The van der Waals surface area contributed by atoms with E-state index in [9.17, 15) is 4.79 Å². The molecule has 2 N–H and O–H groups in total. The number of nitrogens with zero attached hydrogens (tertiary/aromatic N) is 2. The molecule has 16 heavy (non-hydrogen) atoms. The highest BCUT2D eigenvalue weighted by molar-refractivity contribution is 5.87. The molecule has 2 rings (SSSR count). The Morgan fingerprint density at radius 2 is 2.31 bits per heavy atom. The second kappa shape index (κ2) is 4.31. The number of likely N-dealkylation sites (tertiary alicyclic amines) is 1. The number of ether oxygens (including phenoxy) is 1. The van der Waals surface area contributed by atoms with E-state index < -0.39 is 5.54 Å². The Bertz CT molecular complexity index is 274. The van der Waals surface area contributed by atoms with Crippen LogP contribution in [0.5, 0.6) is 0 Å². The van der Waals surface area contributed by atoms with Crippen LogP contribution < -0.4 is 5.73 Å². The normalized spacial score (nSPS) is 35.0. The van der Waals surface area contributed by atoms with Gasteiger partial charge >= 0.3 is 0 Å². The zero-order chi connectivity index (χ0) is 11.8. The molecule has 0 saturated carbocycles. The fraction of sp³-hybridized carbons (Fsp3) is 0.909. The zero-order valence-corrected chi connectivity index (χ0v) is 10.1. The molecule has 0 aromatic rings. The molecule has 5 nitrogen and oxygen atoms in total. The van der Waals surface area contributed by atoms with E-state index in [-0.39, 0.29) is 5.91 Å². The van der Waals surface area contributed by atoms with Crippen molar-refractivity contribution in [2.45, 2.75) is 24.4 Å². The van der Waals surface area contributed by atoms with E-state index in [0.29, 0.717) is 25.7 Å². The third-order valence-electron chi connectivity index (χ3n) is 3.66. The topological polar surface area (TPSA) is 58.8 Å². The maximum Gasteiger partial charge on any atom is 0.245 e. The number of hydrogen-bond acceptors (Lipinski definition) is 4. The summed E-state index contributed by atoms with van der Waals surface area (Å²) in [6.45, 7) is 2.59. The summed E-state index contributed by atoms with van der Waals surface area (Å²) in [7, 11) is 4.10. The summed E-state index contributed by atoms with van der Waals surface area (Å²) in [5.41, 5.74) is 5.31. The van der Waals surface area contributed by atoms with Crippen molar-refractivity contribution in [3.05, 3.63) is 0 Å². The van der Waals surface area contributed by atoms with Crippen molar-refractivity contribution in [1.29, 1.82) is 0 Å². The number of carbonyl (C=O) groups is 1. The van der Waals surface area contributed by atoms with Gasteiger partial charge in [0.2, 0.25) is 5.91 Å². The van der Waals surface area contributed by atoms with E-state index >= 15 is 0 Å². The summed E-state index contributed by atoms with van der Waals surface area (Å²) in [6, 6.07) is 0.467. The number of nitrogens with two attached hydrogens (primary N) is 1. The van der Waals surface area contributed by atoms with Gasteiger partial charge in [-0.25, -0.2) is 0 Å². The Morgan fingerprint density at radius 1 is 1.56 bits per heavy atom. The van der Waals surface area contributed by atoms with Crippen LogP contribution in [0.15, 0.2) is 0 Å². The minimum absolute atomic E-state index is 0.0642. The molecular weight excluding hydrogens is 206 g/mol. The molecule has 0 spiro atoms. The van der Waals surface area contributed by atoms with E-state index in [1.807, 2.05) is 4.90 Å². The molecule has 2 saturated heterocycles. The van der Waals surface area contributed by atoms with Crippen molar-refractivity contribution >= 4 is 5.91 Å². The second-order valence-corrected chi connectivity index (χ2v) is 5.12. The summed E-state index contributed by atoms with van der Waals surface area (Å²) < 4.78 is 5.23. The first kappa shape index (κ1) is 11.8. The maximum atomic E-state index is 12.2. The summed E-state index contributed by atoms with van der Waals surface area (Å²) in [6.07, 6.45) is 1.69. The lowest BCUT2D eigenvalue weighted by atomic mass is 9.98. The van der Waals surface area contributed by atoms with Crippen molar-refractivity contribution in [1.82, 2.24) is 9.80 Å². The smallest absolute Gasteiger partial charge is 0.245 e. The van der Waals surface area contributed by atoms with Crippen molar-refractivity contribution in [2.75, 3.05) is 40.4 Å². The van der Waals surface area contributed by atoms with Crippen molar-refractivity contribution < 1.29 is 9.53 Å². The van der Waals surface area contributed by atoms with Gasteiger partial charge in [-0.15, -0.1) is 0 Å². The highest BCUT2D eigenvalue weighted by Gasteiger charge is 2.43. The molecule has 0 radical (unpaired) electrons. The molecule has 2 aliphatic rings. The highest BCUT2D eigenvalue weighted by atomic mass is 16.5. The SMILES string of the molecule is CN(C)C1CCN(C(=O)C2(N)CCOC2)C1. The van der Waals surface area contributed by atoms with E-state index in [1.54, 1.807) is 0 Å². The lowest BCUT2D eigenvalue weighted by molar-refractivity contribution is -0.136. The fourth-order valence-electron chi connectivity index (χ4n) is 2.41. The third kappa shape index (κ3) is 2.07. The van der Waals surface area contributed by atoms with Crippen molar-refractivity contribution in [3.8, 4) is 0 Å². The van der Waals surface area contributed by atoms with Crippen LogP contribution in [-0.2, 0) is 9.53 Å². The van der Waals surface area contributed by atoms with E-state index in [0.717, 1.165) is 19.5 Å². The standard InChI is InChI=1S/C11H21N3O2/c1-13(2)9-3-5-14(7-9)10(15)11(12)4-6-16-8-11/h9H,3-8,12H2,1-2H3. The average molecular weight is 227 g/mol. The maximum absolute atomic E-state index is 12.2. The van der Waals surface area contributed by atoms with E-state index in [4.69, 9.17) is 10.5 Å². The molecule has 0 bridgehead atoms. The monoisotopic (exact) mass is 227 g/mol. The number of likely N-dealkylation sites (N-methyl/N-ethyl adjacent to an activating group) is 1. The molecule has 0 aromatic carbocycles. The van der Waals surface area contributed by atoms with Crippen LogP contribution in [0, 0.1) is 0 Å². The minimum Gasteiger partial charge on any atom is -0.379 e. The summed E-state index contributed by atoms with van der Waals surface area (Å²) in [4.78, 5) is 16.3. The summed E-state index contributed by atoms with van der Waals surface area (Å²) in [5, 5.41) is 0. The Kier molecular flexibility index (Phi) is 3.19. The Morgan fingerprint density at radius 3 is 2.81 bits per heavy atom. The van der Waals surface area contributed by atoms with Gasteiger partial charge in [0, 0.05) is 25.7 Å². The van der Waals surface area contributed by atoms with Crippen LogP contribution in [0.1, 0.15) is 12.8 Å². The Hall–Kier alpha value is -0.650. The molecule has 2 unspecified atom stereocenters. The molecule has 0 aromatic heterocycles. The molecule has 2 fully saturated rings. The predicted molar refractivity (Wildman–Crippen MR) is 61.0 cm³/mol. The largest absolute Gasteiger partial charge is 0.379 e. The Balaban J connectivity index is 1.96. The quantitative estimate of drug-likeness (QED) is 0.675. The van der Waals surface area contributed by atoms with Crippen LogP contribution in [0.3, 0.4) is 0 Å². The molecule has 2 aliphatic heterocycles. The summed E-state index contributed by atoms with van der Waals surface area (Å²) in [5.74, 6) is 0.0642. The van der Waals surface area contributed by atoms with Gasteiger partial charge in [-0.05, 0) is 26.9 Å². The molecule has 0 aliphatic carbocycles. The van der Waals surface area contributed by atoms with Crippen LogP contribution >= 0.6 is 0 Å². The van der Waals surface area contributed by atoms with E-state index in [2.05, 4.69) is 19.0 Å². The third-order valence-corrected chi connectivity index (χ3v) is 3.66. The molecule has 2 heterocycles. The molecule has 2 atom stereocenters. The second-order valence-electron chi connectivity index (χ2n) is 5.12. The molecule has 5 heteroatoms. The zero-order valence-electron chi connectivity index (χ0n) is 10.1. The number of amides is 1. The van der Waals surface area contributed by atoms with Gasteiger partial charge in [-0.1, -0.05) is 0 Å². The van der Waals surface area contributed by atoms with Gasteiger partial charge in [0.15, 0.2) is 0 Å². The van der Waals surface area contributed by atoms with Crippen molar-refractivity contribution in [3.63, 3.8) is 0 Å². The van der Waals surface area contributed by atoms with E-state index in [1.165, 1.54) is 0 Å². The average Bonchev–Trinajstić information content (AvgIpc) is 2.85. The van der Waals surface area contributed by atoms with Crippen LogP contribution in [0.4, 0.5) is 0 Å². The molecular formula is C11H21N3O2. The van der Waals surface area contributed by atoms with Gasteiger partial charge in [0.25, 0.3) is 0 Å². The lowest BCUT2D eigenvalue weighted by Crippen LogP contribution is -2.55. The fourth-order valence-corrected chi connectivity index (χ4v) is 2.41. The molecule has 1 amide bonds. The summed E-state index contributed by atoms with van der Waals surface area (Å²) >= 11 is 0. The van der Waals surface area contributed by atoms with Crippen LogP contribution in [0.2, 0.25) is 0 Å². The van der Waals surface area contributed by atoms with Gasteiger partial charge in [0.1, 0.15) is 5.54 Å². The first-order valence-electron chi connectivity index (χ1n) is 5.85. The van der Waals surface area contributed by atoms with Gasteiger partial charge in [-0.3, -0.25) is 4.79 Å². The molecule has 92 valence electrons. The predicted octanol–water partition coefficient (Wildman–Crippen LogP) is -0.733. The Labute approximate surface area is 96.5 Å². The minimum atomic E-state index is -0.763. The van der Waals surface area contributed by atoms with Gasteiger partial charge < -0.3 is 20.3 Å². The van der Waals surface area contributed by atoms with Crippen LogP contribution in [-0.4, -0.2) is 67.7 Å². The lowest BCUT2D eigenvalue weighted by Gasteiger charge is -2.28. The number of rotatable bonds is 2. The van der Waals surface area contributed by atoms with Crippen LogP contribution in [0.25, 0.3) is 0 Å². The number of carbonyl (C=O) groups excluding carboxylic acids is 1. The van der Waals surface area contributed by atoms with Gasteiger partial charge in [-0.2, -0.15) is 0 Å². The number of hydrogen-bond donors (Lipinski definition) is 1. The highest BCUT2D eigenvalue weighted by Crippen LogP contribution is 2.22.